The smallest absolute Gasteiger partial charge is 0.306 e. The van der Waals surface area contributed by atoms with E-state index in [0.717, 1.165) is 25.7 Å². The number of unbranched alkanes of at least 4 members (excludes halogenated alkanes) is 1. The molecular formula is C14H24O2. The summed E-state index contributed by atoms with van der Waals surface area (Å²) in [5.41, 5.74) is 1.22. The third-order valence-electron chi connectivity index (χ3n) is 2.25. The van der Waals surface area contributed by atoms with E-state index in [1.807, 2.05) is 26.0 Å². The maximum Gasteiger partial charge on any atom is 0.306 e. The second-order valence-corrected chi connectivity index (χ2v) is 3.56. The second kappa shape index (κ2) is 10.5. The number of hydrogen-bond donors (Lipinski definition) is 0. The molecular weight excluding hydrogens is 200 g/mol. The van der Waals surface area contributed by atoms with Gasteiger partial charge in [-0.2, -0.15) is 0 Å². The number of hydrogen-bond acceptors (Lipinski definition) is 2. The number of ether oxygens (including phenoxy) is 1. The van der Waals surface area contributed by atoms with Crippen LogP contribution in [0.2, 0.25) is 0 Å². The topological polar surface area (TPSA) is 26.3 Å². The van der Waals surface area contributed by atoms with Gasteiger partial charge in [-0.25, -0.2) is 0 Å². The SMILES string of the molecule is CC.CCCCC(=O)OCC1=CC=CCC1. The fourth-order valence-electron chi connectivity index (χ4n) is 1.34. The van der Waals surface area contributed by atoms with Crippen LogP contribution in [0.15, 0.2) is 23.8 Å². The summed E-state index contributed by atoms with van der Waals surface area (Å²) in [6.07, 6.45) is 10.8. The van der Waals surface area contributed by atoms with Crippen LogP contribution in [0.3, 0.4) is 0 Å². The van der Waals surface area contributed by atoms with Gasteiger partial charge in [0.25, 0.3) is 0 Å². The van der Waals surface area contributed by atoms with Gasteiger partial charge in [-0.3, -0.25) is 4.79 Å². The van der Waals surface area contributed by atoms with Gasteiger partial charge >= 0.3 is 5.97 Å². The molecule has 0 aromatic heterocycles. The van der Waals surface area contributed by atoms with E-state index in [1.54, 1.807) is 0 Å². The van der Waals surface area contributed by atoms with E-state index in [4.69, 9.17) is 4.74 Å². The van der Waals surface area contributed by atoms with Crippen LogP contribution in [0, 0.1) is 0 Å². The van der Waals surface area contributed by atoms with Crippen LogP contribution in [-0.4, -0.2) is 12.6 Å². The fourth-order valence-corrected chi connectivity index (χ4v) is 1.34. The molecule has 0 aromatic carbocycles. The highest BCUT2D eigenvalue weighted by atomic mass is 16.5. The average molecular weight is 224 g/mol. The molecule has 0 saturated heterocycles. The van der Waals surface area contributed by atoms with Crippen LogP contribution >= 0.6 is 0 Å². The lowest BCUT2D eigenvalue weighted by Gasteiger charge is -2.09. The van der Waals surface area contributed by atoms with Gasteiger partial charge in [0.05, 0.1) is 0 Å². The monoisotopic (exact) mass is 224 g/mol. The van der Waals surface area contributed by atoms with Crippen molar-refractivity contribution >= 4 is 5.97 Å². The lowest BCUT2D eigenvalue weighted by molar-refractivity contribution is -0.142. The van der Waals surface area contributed by atoms with Crippen LogP contribution in [0.1, 0.15) is 52.9 Å². The Morgan fingerprint density at radius 2 is 2.19 bits per heavy atom. The van der Waals surface area contributed by atoms with Crippen LogP contribution < -0.4 is 0 Å². The molecule has 1 aliphatic rings. The average Bonchev–Trinajstić information content (AvgIpc) is 2.37. The molecule has 0 saturated carbocycles. The van der Waals surface area contributed by atoms with E-state index in [9.17, 15) is 4.79 Å². The third kappa shape index (κ3) is 7.27. The van der Waals surface area contributed by atoms with Crippen LogP contribution in [0.25, 0.3) is 0 Å². The summed E-state index contributed by atoms with van der Waals surface area (Å²) in [6.45, 7) is 6.55. The maximum atomic E-state index is 11.2. The van der Waals surface area contributed by atoms with Crippen molar-refractivity contribution in [3.05, 3.63) is 23.8 Å². The number of esters is 1. The highest BCUT2D eigenvalue weighted by molar-refractivity contribution is 5.69. The Bertz CT molecular complexity index is 239. The molecule has 92 valence electrons. The minimum Gasteiger partial charge on any atom is -0.461 e. The maximum absolute atomic E-state index is 11.2. The molecule has 0 amide bonds. The first-order valence-corrected chi connectivity index (χ1v) is 6.33. The quantitative estimate of drug-likeness (QED) is 0.659. The Morgan fingerprint density at radius 1 is 1.44 bits per heavy atom. The summed E-state index contributed by atoms with van der Waals surface area (Å²) in [7, 11) is 0. The first-order valence-electron chi connectivity index (χ1n) is 6.33. The molecule has 0 fully saturated rings. The number of rotatable bonds is 5. The fraction of sp³-hybridized carbons (Fsp3) is 0.643. The van der Waals surface area contributed by atoms with Crippen molar-refractivity contribution in [2.45, 2.75) is 52.9 Å². The molecule has 0 bridgehead atoms. The zero-order chi connectivity index (χ0) is 12.2. The first-order chi connectivity index (χ1) is 7.83. The van der Waals surface area contributed by atoms with Gasteiger partial charge in [0.1, 0.15) is 6.61 Å². The minimum absolute atomic E-state index is 0.0673. The molecule has 0 radical (unpaired) electrons. The standard InChI is InChI=1S/C12H18O2.C2H6/c1-2-3-9-12(13)14-10-11-7-5-4-6-8-11;1-2/h4-5,7H,2-3,6,8-10H2,1H3;1-2H3. The molecule has 2 nitrogen and oxygen atoms in total. The van der Waals surface area contributed by atoms with Crippen molar-refractivity contribution in [1.29, 1.82) is 0 Å². The molecule has 1 rings (SSSR count). The lowest BCUT2D eigenvalue weighted by Crippen LogP contribution is -2.07. The predicted octanol–water partition coefficient (Wildman–Crippen LogP) is 4.02. The number of carbonyl (C=O) groups excluding carboxylic acids is 1. The molecule has 1 aliphatic carbocycles. The predicted molar refractivity (Wildman–Crippen MR) is 68.3 cm³/mol. The van der Waals surface area contributed by atoms with E-state index in [2.05, 4.69) is 13.0 Å². The molecule has 0 spiro atoms. The normalized spacial score (nSPS) is 13.6. The van der Waals surface area contributed by atoms with E-state index in [-0.39, 0.29) is 5.97 Å². The summed E-state index contributed by atoms with van der Waals surface area (Å²) in [5, 5.41) is 0. The van der Waals surface area contributed by atoms with Gasteiger partial charge < -0.3 is 4.74 Å². The molecule has 0 aromatic rings. The zero-order valence-electron chi connectivity index (χ0n) is 10.8. The molecule has 0 atom stereocenters. The van der Waals surface area contributed by atoms with Gasteiger partial charge in [0.2, 0.25) is 0 Å². The van der Waals surface area contributed by atoms with Crippen molar-refractivity contribution in [3.63, 3.8) is 0 Å². The first kappa shape index (κ1) is 14.9. The Hall–Kier alpha value is -1.05. The molecule has 16 heavy (non-hydrogen) atoms. The van der Waals surface area contributed by atoms with Gasteiger partial charge in [-0.05, 0) is 24.8 Å². The Balaban J connectivity index is 0.00000106. The second-order valence-electron chi connectivity index (χ2n) is 3.56. The van der Waals surface area contributed by atoms with Gasteiger partial charge in [-0.15, -0.1) is 0 Å². The van der Waals surface area contributed by atoms with Crippen molar-refractivity contribution in [3.8, 4) is 0 Å². The van der Waals surface area contributed by atoms with Crippen LogP contribution in [0.4, 0.5) is 0 Å². The van der Waals surface area contributed by atoms with Crippen molar-refractivity contribution in [2.24, 2.45) is 0 Å². The highest BCUT2D eigenvalue weighted by Gasteiger charge is 2.04. The van der Waals surface area contributed by atoms with Crippen molar-refractivity contribution < 1.29 is 9.53 Å². The van der Waals surface area contributed by atoms with Crippen LogP contribution in [-0.2, 0) is 9.53 Å². The molecule has 0 heterocycles. The Kier molecular flexibility index (Phi) is 9.78. The van der Waals surface area contributed by atoms with E-state index < -0.39 is 0 Å². The van der Waals surface area contributed by atoms with E-state index in [0.29, 0.717) is 13.0 Å². The van der Waals surface area contributed by atoms with Crippen molar-refractivity contribution in [2.75, 3.05) is 6.61 Å². The number of carbonyl (C=O) groups is 1. The van der Waals surface area contributed by atoms with Crippen molar-refractivity contribution in [1.82, 2.24) is 0 Å². The summed E-state index contributed by atoms with van der Waals surface area (Å²) in [5.74, 6) is -0.0673. The van der Waals surface area contributed by atoms with Gasteiger partial charge in [0, 0.05) is 6.42 Å². The van der Waals surface area contributed by atoms with Gasteiger partial charge in [-0.1, -0.05) is 45.4 Å². The summed E-state index contributed by atoms with van der Waals surface area (Å²) in [6, 6.07) is 0. The summed E-state index contributed by atoms with van der Waals surface area (Å²) < 4.78 is 5.14. The third-order valence-corrected chi connectivity index (χ3v) is 2.25. The molecule has 2 heteroatoms. The number of allylic oxidation sites excluding steroid dienone is 3. The molecule has 0 unspecified atom stereocenters. The van der Waals surface area contributed by atoms with Gasteiger partial charge in [0.15, 0.2) is 0 Å². The van der Waals surface area contributed by atoms with E-state index in [1.165, 1.54) is 5.57 Å². The Morgan fingerprint density at radius 3 is 2.75 bits per heavy atom. The lowest BCUT2D eigenvalue weighted by atomic mass is 10.1. The largest absolute Gasteiger partial charge is 0.461 e. The van der Waals surface area contributed by atoms with E-state index >= 15 is 0 Å². The zero-order valence-corrected chi connectivity index (χ0v) is 10.8. The molecule has 0 N–H and O–H groups in total. The highest BCUT2D eigenvalue weighted by Crippen LogP contribution is 2.12. The summed E-state index contributed by atoms with van der Waals surface area (Å²) >= 11 is 0. The molecule has 0 aliphatic heterocycles. The summed E-state index contributed by atoms with van der Waals surface area (Å²) in [4.78, 5) is 11.2. The van der Waals surface area contributed by atoms with Crippen LogP contribution in [0.5, 0.6) is 0 Å². The Labute approximate surface area is 99.4 Å². The minimum atomic E-state index is -0.0673.